The van der Waals surface area contributed by atoms with Crippen LogP contribution in [0.15, 0.2) is 30.3 Å². The van der Waals surface area contributed by atoms with E-state index in [1.807, 2.05) is 0 Å². The molecule has 2 aliphatic carbocycles. The summed E-state index contributed by atoms with van der Waals surface area (Å²) in [7, 11) is 0. The van der Waals surface area contributed by atoms with Crippen LogP contribution in [0.3, 0.4) is 0 Å². The molecule has 6 atom stereocenters. The summed E-state index contributed by atoms with van der Waals surface area (Å²) in [4.78, 5) is 15.4. The van der Waals surface area contributed by atoms with Crippen molar-refractivity contribution in [1.29, 1.82) is 0 Å². The lowest BCUT2D eigenvalue weighted by molar-refractivity contribution is -0.147. The SMILES string of the molecule is C[C@]12CCC[C@@]3(CO3)[C@H]1C[C@H]1[C@@H](C2)OC(=O)[C@@H]1CNC1CCN(Cc2ccccc2)CC1. The van der Waals surface area contributed by atoms with Crippen LogP contribution in [0, 0.1) is 23.2 Å². The van der Waals surface area contributed by atoms with E-state index in [1.54, 1.807) is 0 Å². The second kappa shape index (κ2) is 8.11. The molecule has 1 aromatic rings. The number of benzene rings is 1. The minimum atomic E-state index is 0.0182. The van der Waals surface area contributed by atoms with Crippen molar-refractivity contribution < 1.29 is 14.3 Å². The Morgan fingerprint density at radius 3 is 2.69 bits per heavy atom. The molecule has 2 saturated carbocycles. The molecule has 0 amide bonds. The number of hydrogen-bond acceptors (Lipinski definition) is 5. The Hall–Kier alpha value is -1.43. The number of carbonyl (C=O) groups is 1. The fourth-order valence-corrected chi connectivity index (χ4v) is 7.62. The standard InChI is InChI=1S/C27H38N2O3/c1-26-10-5-11-27(18-31-27)24(26)14-21-22(25(30)32-23(21)15-26)16-28-20-8-12-29(13-9-20)17-19-6-3-2-4-7-19/h2-4,6-7,20-24,28H,5,8-18H2,1H3/t21-,22-,23-,24+,26-,27-/m1/s1. The third kappa shape index (κ3) is 3.80. The quantitative estimate of drug-likeness (QED) is 0.560. The molecule has 174 valence electrons. The molecule has 5 heteroatoms. The number of nitrogens with one attached hydrogen (secondary N) is 1. The van der Waals surface area contributed by atoms with E-state index in [9.17, 15) is 4.79 Å². The van der Waals surface area contributed by atoms with Crippen LogP contribution in [0.25, 0.3) is 0 Å². The zero-order chi connectivity index (χ0) is 21.8. The van der Waals surface area contributed by atoms with Gasteiger partial charge in [0.2, 0.25) is 0 Å². The molecule has 1 spiro atoms. The zero-order valence-corrected chi connectivity index (χ0v) is 19.4. The van der Waals surface area contributed by atoms with Gasteiger partial charge in [0.15, 0.2) is 0 Å². The Morgan fingerprint density at radius 2 is 1.94 bits per heavy atom. The van der Waals surface area contributed by atoms with Crippen molar-refractivity contribution in [2.45, 2.75) is 76.2 Å². The van der Waals surface area contributed by atoms with Crippen LogP contribution in [0.1, 0.15) is 57.4 Å². The van der Waals surface area contributed by atoms with Crippen LogP contribution >= 0.6 is 0 Å². The highest BCUT2D eigenvalue weighted by Gasteiger charge is 2.65. The van der Waals surface area contributed by atoms with Crippen LogP contribution < -0.4 is 5.32 Å². The number of likely N-dealkylation sites (tertiary alicyclic amines) is 1. The molecule has 0 radical (unpaired) electrons. The van der Waals surface area contributed by atoms with E-state index in [0.29, 0.717) is 17.9 Å². The van der Waals surface area contributed by atoms with E-state index in [0.717, 1.165) is 58.5 Å². The highest BCUT2D eigenvalue weighted by atomic mass is 16.6. The van der Waals surface area contributed by atoms with E-state index in [2.05, 4.69) is 47.5 Å². The highest BCUT2D eigenvalue weighted by molar-refractivity contribution is 5.75. The molecular weight excluding hydrogens is 400 g/mol. The maximum absolute atomic E-state index is 12.9. The summed E-state index contributed by atoms with van der Waals surface area (Å²) in [5.74, 6) is 1.03. The second-order valence-electron chi connectivity index (χ2n) is 11.5. The minimum absolute atomic E-state index is 0.0182. The van der Waals surface area contributed by atoms with Gasteiger partial charge in [0, 0.05) is 25.0 Å². The lowest BCUT2D eigenvalue weighted by Gasteiger charge is -2.51. The first-order valence-corrected chi connectivity index (χ1v) is 12.9. The Bertz CT molecular complexity index is 833. The fourth-order valence-electron chi connectivity index (χ4n) is 7.62. The normalized spacial score (nSPS) is 41.8. The van der Waals surface area contributed by atoms with E-state index in [4.69, 9.17) is 9.47 Å². The minimum Gasteiger partial charge on any atom is -0.462 e. The summed E-state index contributed by atoms with van der Waals surface area (Å²) in [6.45, 7) is 7.42. The third-order valence-corrected chi connectivity index (χ3v) is 9.54. The average Bonchev–Trinajstić information content (AvgIpc) is 3.49. The van der Waals surface area contributed by atoms with Crippen molar-refractivity contribution in [3.63, 3.8) is 0 Å². The van der Waals surface area contributed by atoms with Gasteiger partial charge in [-0.15, -0.1) is 0 Å². The van der Waals surface area contributed by atoms with Gasteiger partial charge in [0.05, 0.1) is 18.1 Å². The van der Waals surface area contributed by atoms with E-state index < -0.39 is 0 Å². The Kier molecular flexibility index (Phi) is 5.35. The van der Waals surface area contributed by atoms with Gasteiger partial charge in [-0.05, 0) is 74.9 Å². The van der Waals surface area contributed by atoms with E-state index >= 15 is 0 Å². The molecule has 1 N–H and O–H groups in total. The number of hydrogen-bond donors (Lipinski definition) is 1. The van der Waals surface area contributed by atoms with E-state index in [-0.39, 0.29) is 29.0 Å². The first-order chi connectivity index (χ1) is 15.5. The second-order valence-corrected chi connectivity index (χ2v) is 11.5. The van der Waals surface area contributed by atoms with Gasteiger partial charge in [0.1, 0.15) is 6.10 Å². The number of rotatable bonds is 5. The van der Waals surface area contributed by atoms with Crippen molar-refractivity contribution in [1.82, 2.24) is 10.2 Å². The first kappa shape index (κ1) is 21.1. The van der Waals surface area contributed by atoms with E-state index in [1.165, 1.54) is 24.8 Å². The molecule has 6 rings (SSSR count). The number of piperidine rings is 1. The van der Waals surface area contributed by atoms with Crippen LogP contribution in [-0.4, -0.2) is 54.9 Å². The van der Waals surface area contributed by atoms with Crippen molar-refractivity contribution in [3.8, 4) is 0 Å². The maximum atomic E-state index is 12.9. The number of epoxide rings is 1. The number of fused-ring (bicyclic) bond motifs is 3. The zero-order valence-electron chi connectivity index (χ0n) is 19.4. The molecule has 5 fully saturated rings. The number of carbonyl (C=O) groups excluding carboxylic acids is 1. The molecule has 1 aromatic carbocycles. The predicted molar refractivity (Wildman–Crippen MR) is 123 cm³/mol. The summed E-state index contributed by atoms with van der Waals surface area (Å²) in [6.07, 6.45) is 8.30. The van der Waals surface area contributed by atoms with Gasteiger partial charge < -0.3 is 14.8 Å². The Morgan fingerprint density at radius 1 is 1.16 bits per heavy atom. The van der Waals surface area contributed by atoms with Gasteiger partial charge in [-0.25, -0.2) is 0 Å². The largest absolute Gasteiger partial charge is 0.462 e. The number of esters is 1. The summed E-state index contributed by atoms with van der Waals surface area (Å²) < 4.78 is 12.0. The Balaban J connectivity index is 1.04. The first-order valence-electron chi connectivity index (χ1n) is 12.9. The molecule has 3 aliphatic heterocycles. The number of ether oxygens (including phenoxy) is 2. The molecule has 3 saturated heterocycles. The molecule has 0 unspecified atom stereocenters. The smallest absolute Gasteiger partial charge is 0.310 e. The van der Waals surface area contributed by atoms with Crippen LogP contribution in [0.4, 0.5) is 0 Å². The maximum Gasteiger partial charge on any atom is 0.310 e. The lowest BCUT2D eigenvalue weighted by atomic mass is 9.53. The number of nitrogens with zero attached hydrogens (tertiary/aromatic N) is 1. The monoisotopic (exact) mass is 438 g/mol. The van der Waals surface area contributed by atoms with Gasteiger partial charge in [-0.3, -0.25) is 9.69 Å². The molecule has 0 bridgehead atoms. The summed E-state index contributed by atoms with van der Waals surface area (Å²) in [5.41, 5.74) is 1.81. The third-order valence-electron chi connectivity index (χ3n) is 9.54. The van der Waals surface area contributed by atoms with Crippen LogP contribution in [0.2, 0.25) is 0 Å². The van der Waals surface area contributed by atoms with Crippen LogP contribution in [-0.2, 0) is 20.8 Å². The fraction of sp³-hybridized carbons (Fsp3) is 0.741. The van der Waals surface area contributed by atoms with Crippen molar-refractivity contribution in [2.75, 3.05) is 26.2 Å². The molecule has 3 heterocycles. The lowest BCUT2D eigenvalue weighted by Crippen LogP contribution is -2.51. The summed E-state index contributed by atoms with van der Waals surface area (Å²) in [5, 5.41) is 3.77. The van der Waals surface area contributed by atoms with Crippen LogP contribution in [0.5, 0.6) is 0 Å². The van der Waals surface area contributed by atoms with Gasteiger partial charge in [-0.1, -0.05) is 37.3 Å². The van der Waals surface area contributed by atoms with Crippen molar-refractivity contribution in [3.05, 3.63) is 35.9 Å². The molecular formula is C27H38N2O3. The predicted octanol–water partition coefficient (Wildman–Crippen LogP) is 3.77. The van der Waals surface area contributed by atoms with Crippen molar-refractivity contribution >= 4 is 5.97 Å². The average molecular weight is 439 g/mol. The Labute approximate surface area is 192 Å². The van der Waals surface area contributed by atoms with Gasteiger partial charge in [0.25, 0.3) is 0 Å². The summed E-state index contributed by atoms with van der Waals surface area (Å²) in [6, 6.07) is 11.3. The van der Waals surface area contributed by atoms with Gasteiger partial charge in [-0.2, -0.15) is 0 Å². The highest BCUT2D eigenvalue weighted by Crippen LogP contribution is 2.62. The van der Waals surface area contributed by atoms with Crippen molar-refractivity contribution in [2.24, 2.45) is 23.2 Å². The molecule has 5 nitrogen and oxygen atoms in total. The molecule has 5 aliphatic rings. The topological polar surface area (TPSA) is 54.1 Å². The van der Waals surface area contributed by atoms with Gasteiger partial charge >= 0.3 is 5.97 Å². The molecule has 0 aromatic heterocycles. The summed E-state index contributed by atoms with van der Waals surface area (Å²) >= 11 is 0. The molecule has 32 heavy (non-hydrogen) atoms.